The smallest absolute Gasteiger partial charge is 0.191 e. The van der Waals surface area contributed by atoms with Crippen molar-refractivity contribution in [1.29, 1.82) is 0 Å². The summed E-state index contributed by atoms with van der Waals surface area (Å²) >= 11 is 0. The lowest BCUT2D eigenvalue weighted by molar-refractivity contribution is 0.489. The van der Waals surface area contributed by atoms with E-state index in [0.29, 0.717) is 12.5 Å². The molecule has 0 amide bonds. The van der Waals surface area contributed by atoms with Gasteiger partial charge in [0, 0.05) is 20.1 Å². The molecule has 0 saturated carbocycles. The lowest BCUT2D eigenvalue weighted by Crippen LogP contribution is -2.33. The fourth-order valence-electron chi connectivity index (χ4n) is 1.34. The summed E-state index contributed by atoms with van der Waals surface area (Å²) in [7, 11) is 1.85. The fraction of sp³-hybridized carbons (Fsp3) is 0.417. The van der Waals surface area contributed by atoms with Crippen LogP contribution in [0.5, 0.6) is 0 Å². The van der Waals surface area contributed by atoms with Crippen LogP contribution in [0.1, 0.15) is 18.9 Å². The highest BCUT2D eigenvalue weighted by atomic mass is 19.1. The summed E-state index contributed by atoms with van der Waals surface area (Å²) in [5.74, 6) is 0.265. The van der Waals surface area contributed by atoms with Crippen molar-refractivity contribution in [3.8, 4) is 0 Å². The zero-order valence-electron chi connectivity index (χ0n) is 9.78. The topological polar surface area (TPSA) is 41.6 Å². The molecule has 16 heavy (non-hydrogen) atoms. The molecule has 0 bridgehead atoms. The van der Waals surface area contributed by atoms with Crippen LogP contribution in [0.3, 0.4) is 0 Å². The standard InChI is InChI=1S/C12H18FN3/c1-3-7-15-12(14)16(2)9-10-5-4-6-11(13)8-10/h4-6,8H,3,7,9H2,1-2H3,(H2,14,15). The van der Waals surface area contributed by atoms with Crippen LogP contribution in [0.2, 0.25) is 0 Å². The molecule has 0 fully saturated rings. The Morgan fingerprint density at radius 1 is 1.50 bits per heavy atom. The van der Waals surface area contributed by atoms with Gasteiger partial charge in [-0.25, -0.2) is 4.39 Å². The molecule has 1 aromatic rings. The maximum atomic E-state index is 12.9. The molecule has 4 heteroatoms. The quantitative estimate of drug-likeness (QED) is 0.626. The van der Waals surface area contributed by atoms with Crippen molar-refractivity contribution in [3.05, 3.63) is 35.6 Å². The van der Waals surface area contributed by atoms with E-state index in [4.69, 9.17) is 5.73 Å². The van der Waals surface area contributed by atoms with Crippen molar-refractivity contribution in [2.75, 3.05) is 13.6 Å². The maximum absolute atomic E-state index is 12.9. The van der Waals surface area contributed by atoms with Gasteiger partial charge in [0.15, 0.2) is 5.96 Å². The first-order valence-electron chi connectivity index (χ1n) is 5.39. The van der Waals surface area contributed by atoms with E-state index in [1.807, 2.05) is 24.9 Å². The fourth-order valence-corrected chi connectivity index (χ4v) is 1.34. The molecule has 0 unspecified atom stereocenters. The van der Waals surface area contributed by atoms with Crippen molar-refractivity contribution < 1.29 is 4.39 Å². The molecule has 3 nitrogen and oxygen atoms in total. The van der Waals surface area contributed by atoms with E-state index in [1.54, 1.807) is 6.07 Å². The van der Waals surface area contributed by atoms with Gasteiger partial charge >= 0.3 is 0 Å². The number of guanidine groups is 1. The predicted octanol–water partition coefficient (Wildman–Crippen LogP) is 1.98. The molecule has 0 aromatic heterocycles. The van der Waals surface area contributed by atoms with E-state index in [2.05, 4.69) is 4.99 Å². The Morgan fingerprint density at radius 2 is 2.25 bits per heavy atom. The molecule has 1 rings (SSSR count). The largest absolute Gasteiger partial charge is 0.370 e. The molecular formula is C12H18FN3. The average molecular weight is 223 g/mol. The Kier molecular flexibility index (Phi) is 4.76. The van der Waals surface area contributed by atoms with Gasteiger partial charge in [-0.3, -0.25) is 4.99 Å². The number of rotatable bonds is 4. The number of nitrogens with two attached hydrogens (primary N) is 1. The summed E-state index contributed by atoms with van der Waals surface area (Å²) in [6.07, 6.45) is 0.967. The number of benzene rings is 1. The molecule has 0 radical (unpaired) electrons. The molecule has 0 spiro atoms. The van der Waals surface area contributed by atoms with Crippen LogP contribution < -0.4 is 5.73 Å². The van der Waals surface area contributed by atoms with Gasteiger partial charge in [-0.05, 0) is 24.1 Å². The summed E-state index contributed by atoms with van der Waals surface area (Å²) in [5, 5.41) is 0. The molecule has 0 aliphatic carbocycles. The molecule has 88 valence electrons. The highest BCUT2D eigenvalue weighted by molar-refractivity contribution is 5.77. The van der Waals surface area contributed by atoms with Gasteiger partial charge in [-0.1, -0.05) is 19.1 Å². The zero-order valence-corrected chi connectivity index (χ0v) is 9.78. The minimum absolute atomic E-state index is 0.227. The predicted molar refractivity (Wildman–Crippen MR) is 64.6 cm³/mol. The second-order valence-corrected chi connectivity index (χ2v) is 3.73. The van der Waals surface area contributed by atoms with Crippen LogP contribution in [0.15, 0.2) is 29.3 Å². The van der Waals surface area contributed by atoms with Crippen LogP contribution >= 0.6 is 0 Å². The van der Waals surface area contributed by atoms with Gasteiger partial charge in [0.25, 0.3) is 0 Å². The summed E-state index contributed by atoms with van der Waals surface area (Å²) in [4.78, 5) is 6.00. The third kappa shape index (κ3) is 3.88. The Balaban J connectivity index is 2.60. The van der Waals surface area contributed by atoms with E-state index >= 15 is 0 Å². The highest BCUT2D eigenvalue weighted by Crippen LogP contribution is 2.05. The molecule has 0 saturated heterocycles. The van der Waals surface area contributed by atoms with Gasteiger partial charge in [0.1, 0.15) is 5.82 Å². The second kappa shape index (κ2) is 6.10. The first-order valence-corrected chi connectivity index (χ1v) is 5.39. The number of hydrogen-bond acceptors (Lipinski definition) is 1. The van der Waals surface area contributed by atoms with Crippen molar-refractivity contribution in [2.45, 2.75) is 19.9 Å². The molecular weight excluding hydrogens is 205 g/mol. The number of aliphatic imine (C=N–C) groups is 1. The van der Waals surface area contributed by atoms with Crippen LogP contribution in [-0.2, 0) is 6.54 Å². The molecule has 2 N–H and O–H groups in total. The normalized spacial score (nSPS) is 11.6. The van der Waals surface area contributed by atoms with Gasteiger partial charge in [-0.15, -0.1) is 0 Å². The molecule has 0 aliphatic heterocycles. The van der Waals surface area contributed by atoms with E-state index in [1.165, 1.54) is 12.1 Å². The van der Waals surface area contributed by atoms with E-state index in [9.17, 15) is 4.39 Å². The molecule has 1 aromatic carbocycles. The number of hydrogen-bond donors (Lipinski definition) is 1. The number of halogens is 1. The monoisotopic (exact) mass is 223 g/mol. The van der Waals surface area contributed by atoms with E-state index < -0.39 is 0 Å². The summed E-state index contributed by atoms with van der Waals surface area (Å²) in [5.41, 5.74) is 6.66. The van der Waals surface area contributed by atoms with Crippen molar-refractivity contribution in [2.24, 2.45) is 10.7 Å². The molecule has 0 atom stereocenters. The third-order valence-electron chi connectivity index (χ3n) is 2.20. The number of nitrogens with zero attached hydrogens (tertiary/aromatic N) is 2. The first kappa shape index (κ1) is 12.5. The minimum Gasteiger partial charge on any atom is -0.370 e. The Bertz CT molecular complexity index is 363. The Hall–Kier alpha value is -1.58. The summed E-state index contributed by atoms with van der Waals surface area (Å²) < 4.78 is 12.9. The Labute approximate surface area is 95.8 Å². The van der Waals surface area contributed by atoms with E-state index in [-0.39, 0.29) is 5.82 Å². The van der Waals surface area contributed by atoms with Crippen LogP contribution in [0.4, 0.5) is 4.39 Å². The van der Waals surface area contributed by atoms with Crippen LogP contribution in [-0.4, -0.2) is 24.5 Å². The first-order chi connectivity index (χ1) is 7.63. The van der Waals surface area contributed by atoms with Gasteiger partial charge in [0.2, 0.25) is 0 Å². The van der Waals surface area contributed by atoms with Gasteiger partial charge in [0.05, 0.1) is 0 Å². The lowest BCUT2D eigenvalue weighted by Gasteiger charge is -2.18. The van der Waals surface area contributed by atoms with Crippen molar-refractivity contribution >= 4 is 5.96 Å². The van der Waals surface area contributed by atoms with Crippen LogP contribution in [0.25, 0.3) is 0 Å². The minimum atomic E-state index is -0.227. The van der Waals surface area contributed by atoms with Gasteiger partial charge < -0.3 is 10.6 Å². The summed E-state index contributed by atoms with van der Waals surface area (Å²) in [6.45, 7) is 3.33. The van der Waals surface area contributed by atoms with Crippen LogP contribution in [0, 0.1) is 5.82 Å². The lowest BCUT2D eigenvalue weighted by atomic mass is 10.2. The third-order valence-corrected chi connectivity index (χ3v) is 2.20. The van der Waals surface area contributed by atoms with Crippen molar-refractivity contribution in [1.82, 2.24) is 4.90 Å². The maximum Gasteiger partial charge on any atom is 0.191 e. The SMILES string of the molecule is CCCN=C(N)N(C)Cc1cccc(F)c1. The molecule has 0 aliphatic rings. The van der Waals surface area contributed by atoms with E-state index in [0.717, 1.165) is 18.5 Å². The van der Waals surface area contributed by atoms with Crippen molar-refractivity contribution in [3.63, 3.8) is 0 Å². The molecule has 0 heterocycles. The highest BCUT2D eigenvalue weighted by Gasteiger charge is 2.03. The average Bonchev–Trinajstić information content (AvgIpc) is 2.25. The summed E-state index contributed by atoms with van der Waals surface area (Å²) in [6, 6.07) is 6.49. The Morgan fingerprint density at radius 3 is 2.88 bits per heavy atom. The zero-order chi connectivity index (χ0) is 12.0. The second-order valence-electron chi connectivity index (χ2n) is 3.73. The van der Waals surface area contributed by atoms with Gasteiger partial charge in [-0.2, -0.15) is 0 Å².